The van der Waals surface area contributed by atoms with E-state index in [1.807, 2.05) is 0 Å². The first-order chi connectivity index (χ1) is 14.4. The molecule has 0 fully saturated rings. The van der Waals surface area contributed by atoms with E-state index in [1.165, 1.54) is 44.0 Å². The van der Waals surface area contributed by atoms with Crippen LogP contribution in [0.4, 0.5) is 26.3 Å². The van der Waals surface area contributed by atoms with Gasteiger partial charge in [-0.15, -0.1) is 0 Å². The van der Waals surface area contributed by atoms with Crippen LogP contribution in [-0.4, -0.2) is 25.7 Å². The third-order valence-corrected chi connectivity index (χ3v) is 4.08. The first kappa shape index (κ1) is 22.1. The number of halogens is 6. The van der Waals surface area contributed by atoms with Gasteiger partial charge in [-0.05, 0) is 37.3 Å². The molecule has 0 atom stereocenters. The van der Waals surface area contributed by atoms with Gasteiger partial charge in [0.2, 0.25) is 0 Å². The van der Waals surface area contributed by atoms with Crippen molar-refractivity contribution in [2.45, 2.75) is 19.3 Å². The summed E-state index contributed by atoms with van der Waals surface area (Å²) in [7, 11) is 0. The van der Waals surface area contributed by atoms with Crippen LogP contribution in [0.3, 0.4) is 0 Å². The van der Waals surface area contributed by atoms with Gasteiger partial charge in [-0.2, -0.15) is 26.3 Å². The minimum atomic E-state index is -4.99. The van der Waals surface area contributed by atoms with Crippen LogP contribution in [0.2, 0.25) is 0 Å². The van der Waals surface area contributed by atoms with E-state index < -0.39 is 29.0 Å². The van der Waals surface area contributed by atoms with E-state index in [2.05, 4.69) is 19.9 Å². The lowest BCUT2D eigenvalue weighted by atomic mass is 10.0. The second-order valence-corrected chi connectivity index (χ2v) is 6.34. The predicted octanol–water partition coefficient (Wildman–Crippen LogP) is 5.10. The maximum atomic E-state index is 13.1. The third-order valence-electron chi connectivity index (χ3n) is 4.08. The van der Waals surface area contributed by atoms with Crippen molar-refractivity contribution in [3.05, 3.63) is 71.7 Å². The second-order valence-electron chi connectivity index (χ2n) is 6.34. The number of carbonyl (C=O) groups is 1. The van der Waals surface area contributed by atoms with Crippen LogP contribution in [0.25, 0.3) is 22.9 Å². The maximum Gasteiger partial charge on any atom is 0.416 e. The molecule has 3 rings (SSSR count). The van der Waals surface area contributed by atoms with E-state index in [0.717, 1.165) is 0 Å². The molecule has 0 saturated carbocycles. The third kappa shape index (κ3) is 5.30. The molecule has 0 N–H and O–H groups in total. The van der Waals surface area contributed by atoms with Gasteiger partial charge < -0.3 is 0 Å². The first-order valence-corrected chi connectivity index (χ1v) is 8.56. The number of allylic oxidation sites excluding steroid dienone is 1. The lowest BCUT2D eigenvalue weighted by Crippen LogP contribution is -2.11. The Hall–Kier alpha value is -3.63. The summed E-state index contributed by atoms with van der Waals surface area (Å²) in [6, 6.07) is 2.35. The first-order valence-electron chi connectivity index (χ1n) is 8.56. The van der Waals surface area contributed by atoms with Gasteiger partial charge in [-0.3, -0.25) is 4.79 Å². The zero-order chi connectivity index (χ0) is 22.8. The summed E-state index contributed by atoms with van der Waals surface area (Å²) >= 11 is 0. The molecular formula is C20H12F6N4O. The number of hydrogen-bond donors (Lipinski definition) is 0. The highest BCUT2D eigenvalue weighted by Crippen LogP contribution is 2.38. The van der Waals surface area contributed by atoms with E-state index in [9.17, 15) is 31.1 Å². The number of ketones is 1. The maximum absolute atomic E-state index is 13.1. The molecule has 0 amide bonds. The van der Waals surface area contributed by atoms with Gasteiger partial charge in [-0.25, -0.2) is 19.9 Å². The van der Waals surface area contributed by atoms with E-state index in [4.69, 9.17) is 0 Å². The minimum Gasteiger partial charge on any atom is -0.294 e. The van der Waals surface area contributed by atoms with Crippen molar-refractivity contribution in [1.82, 2.24) is 19.9 Å². The number of alkyl halides is 6. The number of aromatic nitrogens is 4. The van der Waals surface area contributed by atoms with Crippen molar-refractivity contribution in [2.75, 3.05) is 0 Å². The van der Waals surface area contributed by atoms with Crippen LogP contribution >= 0.6 is 0 Å². The smallest absolute Gasteiger partial charge is 0.294 e. The fraction of sp³-hybridized carbons (Fsp3) is 0.150. The summed E-state index contributed by atoms with van der Waals surface area (Å²) in [5.74, 6) is -0.472. The molecule has 0 bridgehead atoms. The fourth-order valence-corrected chi connectivity index (χ4v) is 2.66. The summed E-state index contributed by atoms with van der Waals surface area (Å²) in [4.78, 5) is 27.5. The summed E-state index contributed by atoms with van der Waals surface area (Å²) in [5, 5.41) is 0. The molecule has 2 heterocycles. The Kier molecular flexibility index (Phi) is 5.87. The Balaban J connectivity index is 2.12. The molecule has 0 aliphatic rings. The summed E-state index contributed by atoms with van der Waals surface area (Å²) < 4.78 is 78.7. The summed E-state index contributed by atoms with van der Waals surface area (Å²) in [6.07, 6.45) is -3.56. The van der Waals surface area contributed by atoms with Crippen LogP contribution < -0.4 is 0 Å². The molecule has 11 heteroatoms. The molecule has 160 valence electrons. The Morgan fingerprint density at radius 2 is 1.52 bits per heavy atom. The van der Waals surface area contributed by atoms with Crippen molar-refractivity contribution in [3.8, 4) is 11.3 Å². The van der Waals surface area contributed by atoms with Gasteiger partial charge in [0, 0.05) is 35.3 Å². The molecule has 0 aliphatic heterocycles. The quantitative estimate of drug-likeness (QED) is 0.419. The SMILES string of the molecule is CC(=O)/C(=C\c1nccc(-c2cc(C(F)(F)F)cc(C(F)(F)F)c2)n1)c1cncnc1. The van der Waals surface area contributed by atoms with Crippen LogP contribution in [-0.2, 0) is 17.1 Å². The molecule has 5 nitrogen and oxygen atoms in total. The van der Waals surface area contributed by atoms with Crippen molar-refractivity contribution < 1.29 is 31.1 Å². The van der Waals surface area contributed by atoms with Crippen molar-refractivity contribution in [2.24, 2.45) is 0 Å². The molecule has 1 aromatic carbocycles. The van der Waals surface area contributed by atoms with Gasteiger partial charge >= 0.3 is 12.4 Å². The second kappa shape index (κ2) is 8.25. The Morgan fingerprint density at radius 3 is 2.03 bits per heavy atom. The van der Waals surface area contributed by atoms with Crippen molar-refractivity contribution >= 4 is 17.4 Å². The van der Waals surface area contributed by atoms with E-state index in [1.54, 1.807) is 0 Å². The van der Waals surface area contributed by atoms with Crippen LogP contribution in [0.5, 0.6) is 0 Å². The van der Waals surface area contributed by atoms with Gasteiger partial charge in [0.05, 0.1) is 16.8 Å². The van der Waals surface area contributed by atoms with Gasteiger partial charge in [0.25, 0.3) is 0 Å². The molecule has 0 radical (unpaired) electrons. The Labute approximate surface area is 171 Å². The number of carbonyl (C=O) groups excluding carboxylic acids is 1. The minimum absolute atomic E-state index is 0.0365. The van der Waals surface area contributed by atoms with E-state index in [0.29, 0.717) is 17.7 Å². The van der Waals surface area contributed by atoms with Crippen LogP contribution in [0.1, 0.15) is 29.4 Å². The van der Waals surface area contributed by atoms with Crippen LogP contribution in [0.15, 0.2) is 49.2 Å². The highest BCUT2D eigenvalue weighted by Gasteiger charge is 2.37. The molecule has 0 spiro atoms. The normalized spacial score (nSPS) is 12.7. The molecule has 3 aromatic rings. The molecule has 0 saturated heterocycles. The zero-order valence-corrected chi connectivity index (χ0v) is 15.7. The molecule has 2 aromatic heterocycles. The number of nitrogens with zero attached hydrogens (tertiary/aromatic N) is 4. The van der Waals surface area contributed by atoms with E-state index >= 15 is 0 Å². The topological polar surface area (TPSA) is 68.6 Å². The summed E-state index contributed by atoms with van der Waals surface area (Å²) in [5.41, 5.74) is -3.02. The number of hydrogen-bond acceptors (Lipinski definition) is 5. The standard InChI is InChI=1S/C20H12F6N4O/c1-11(31)16(13-8-27-10-28-9-13)7-18-29-3-2-17(30-18)12-4-14(19(21,22)23)6-15(5-12)20(24,25)26/h2-10H,1H3/b16-7+. The zero-order valence-electron chi connectivity index (χ0n) is 15.7. The molecular weight excluding hydrogens is 426 g/mol. The number of benzene rings is 1. The lowest BCUT2D eigenvalue weighted by molar-refractivity contribution is -0.143. The van der Waals surface area contributed by atoms with Gasteiger partial charge in [-0.1, -0.05) is 0 Å². The Morgan fingerprint density at radius 1 is 0.935 bits per heavy atom. The van der Waals surface area contributed by atoms with Crippen molar-refractivity contribution in [3.63, 3.8) is 0 Å². The monoisotopic (exact) mass is 438 g/mol. The van der Waals surface area contributed by atoms with E-state index in [-0.39, 0.29) is 28.9 Å². The van der Waals surface area contributed by atoms with Gasteiger partial charge in [0.15, 0.2) is 11.6 Å². The number of Topliss-reactive ketones (excluding diaryl/α,β-unsaturated/α-hetero) is 1. The highest BCUT2D eigenvalue weighted by atomic mass is 19.4. The average Bonchev–Trinajstić information content (AvgIpc) is 2.71. The lowest BCUT2D eigenvalue weighted by Gasteiger charge is -2.14. The van der Waals surface area contributed by atoms with Crippen molar-refractivity contribution in [1.29, 1.82) is 0 Å². The molecule has 0 unspecified atom stereocenters. The predicted molar refractivity (Wildman–Crippen MR) is 98.1 cm³/mol. The summed E-state index contributed by atoms with van der Waals surface area (Å²) in [6.45, 7) is 1.27. The number of rotatable bonds is 4. The molecule has 31 heavy (non-hydrogen) atoms. The largest absolute Gasteiger partial charge is 0.416 e. The Bertz CT molecular complexity index is 1110. The van der Waals surface area contributed by atoms with Crippen LogP contribution in [0, 0.1) is 0 Å². The fourth-order valence-electron chi connectivity index (χ4n) is 2.66. The highest BCUT2D eigenvalue weighted by molar-refractivity contribution is 6.23. The molecule has 0 aliphatic carbocycles. The average molecular weight is 438 g/mol. The van der Waals surface area contributed by atoms with Gasteiger partial charge in [0.1, 0.15) is 6.33 Å².